The normalized spacial score (nSPS) is 27.1. The van der Waals surface area contributed by atoms with Crippen molar-refractivity contribution in [2.24, 2.45) is 5.41 Å². The van der Waals surface area contributed by atoms with E-state index < -0.39 is 17.2 Å². The van der Waals surface area contributed by atoms with Crippen LogP contribution in [-0.2, 0) is 4.79 Å². The number of nitrogens with zero attached hydrogens (tertiary/aromatic N) is 3. The summed E-state index contributed by atoms with van der Waals surface area (Å²) in [6, 6.07) is 8.06. The molecule has 2 aliphatic heterocycles. The second-order valence-electron chi connectivity index (χ2n) is 11.9. The Kier molecular flexibility index (Phi) is 5.63. The van der Waals surface area contributed by atoms with Crippen molar-refractivity contribution >= 4 is 61.6 Å². The van der Waals surface area contributed by atoms with E-state index in [9.17, 15) is 19.1 Å². The van der Waals surface area contributed by atoms with Crippen LogP contribution in [0.4, 0.5) is 9.52 Å². The molecule has 4 aromatic rings. The van der Waals surface area contributed by atoms with Crippen molar-refractivity contribution < 1.29 is 23.6 Å². The Hall–Kier alpha value is -3.01. The maximum Gasteiger partial charge on any atom is 0.335 e. The number of carbonyl (C=O) groups excluding carboxylic acids is 1. The molecular formula is C30H24Cl2FN3O4S. The lowest BCUT2D eigenvalue weighted by atomic mass is 9.53. The number of hydrogen-bond acceptors (Lipinski definition) is 7. The van der Waals surface area contributed by atoms with E-state index in [1.54, 1.807) is 18.2 Å². The molecule has 1 N–H and O–H groups in total. The Morgan fingerprint density at radius 3 is 2.44 bits per heavy atom. The van der Waals surface area contributed by atoms with E-state index in [0.717, 1.165) is 49.5 Å². The van der Waals surface area contributed by atoms with Crippen LogP contribution < -0.4 is 4.90 Å². The lowest BCUT2D eigenvalue weighted by Crippen LogP contribution is -2.57. The number of aromatic carboxylic acids is 1. The summed E-state index contributed by atoms with van der Waals surface area (Å²) in [6.07, 6.45) is 6.04. The summed E-state index contributed by atoms with van der Waals surface area (Å²) in [4.78, 5) is 32.4. The highest BCUT2D eigenvalue weighted by atomic mass is 35.5. The number of halogens is 3. The monoisotopic (exact) mass is 611 g/mol. The molecule has 2 bridgehead atoms. The SMILES string of the molecule is O=C(O)c1cc(F)c2nc(N3C4CCC3CC3(CC(c5c(-c6c(Cl)cccc6Cl)noc5C5CC5)C3=O)C4)sc2c1. The predicted molar refractivity (Wildman–Crippen MR) is 154 cm³/mol. The third-order valence-electron chi connectivity index (χ3n) is 9.46. The quantitative estimate of drug-likeness (QED) is 0.245. The van der Waals surface area contributed by atoms with Crippen LogP contribution in [0, 0.1) is 11.2 Å². The Morgan fingerprint density at radius 2 is 1.80 bits per heavy atom. The average Bonchev–Trinajstić information content (AvgIpc) is 3.45. The van der Waals surface area contributed by atoms with Crippen LogP contribution in [0.2, 0.25) is 10.0 Å². The molecule has 210 valence electrons. The molecule has 11 heteroatoms. The molecule has 0 amide bonds. The van der Waals surface area contributed by atoms with Gasteiger partial charge in [0.25, 0.3) is 0 Å². The maximum atomic E-state index is 14.7. The fourth-order valence-electron chi connectivity index (χ4n) is 7.49. The first-order chi connectivity index (χ1) is 19.7. The van der Waals surface area contributed by atoms with Gasteiger partial charge in [0.15, 0.2) is 10.9 Å². The Labute approximate surface area is 248 Å². The number of aromatic nitrogens is 2. The van der Waals surface area contributed by atoms with Crippen molar-refractivity contribution in [2.45, 2.75) is 68.9 Å². The van der Waals surface area contributed by atoms with E-state index in [0.29, 0.717) is 44.0 Å². The van der Waals surface area contributed by atoms with Gasteiger partial charge in [-0.3, -0.25) is 4.79 Å². The molecule has 2 saturated carbocycles. The van der Waals surface area contributed by atoms with E-state index in [1.807, 2.05) is 0 Å². The number of hydrogen-bond donors (Lipinski definition) is 1. The summed E-state index contributed by atoms with van der Waals surface area (Å²) >= 11 is 14.4. The van der Waals surface area contributed by atoms with Gasteiger partial charge in [-0.15, -0.1) is 0 Å². The lowest BCUT2D eigenvalue weighted by molar-refractivity contribution is -0.144. The van der Waals surface area contributed by atoms with Gasteiger partial charge in [0.05, 0.1) is 20.3 Å². The Morgan fingerprint density at radius 1 is 1.10 bits per heavy atom. The van der Waals surface area contributed by atoms with Gasteiger partial charge in [0, 0.05) is 40.5 Å². The largest absolute Gasteiger partial charge is 0.478 e. The van der Waals surface area contributed by atoms with Gasteiger partial charge in [-0.05, 0) is 69.2 Å². The van der Waals surface area contributed by atoms with Crippen LogP contribution in [-0.4, -0.2) is 39.1 Å². The molecule has 2 saturated heterocycles. The first-order valence-corrected chi connectivity index (χ1v) is 15.4. The molecule has 41 heavy (non-hydrogen) atoms. The number of benzene rings is 2. The minimum atomic E-state index is -1.17. The van der Waals surface area contributed by atoms with Crippen molar-refractivity contribution in [2.75, 3.05) is 4.90 Å². The van der Waals surface area contributed by atoms with Crippen LogP contribution in [0.25, 0.3) is 21.5 Å². The Bertz CT molecular complexity index is 1750. The molecule has 2 aromatic carbocycles. The predicted octanol–water partition coefficient (Wildman–Crippen LogP) is 7.85. The van der Waals surface area contributed by atoms with E-state index in [4.69, 9.17) is 27.7 Å². The smallest absolute Gasteiger partial charge is 0.335 e. The molecule has 4 fully saturated rings. The van der Waals surface area contributed by atoms with Crippen LogP contribution in [0.3, 0.4) is 0 Å². The lowest BCUT2D eigenvalue weighted by Gasteiger charge is -2.53. The third-order valence-corrected chi connectivity index (χ3v) is 11.1. The van der Waals surface area contributed by atoms with Gasteiger partial charge in [-0.1, -0.05) is 45.8 Å². The summed E-state index contributed by atoms with van der Waals surface area (Å²) in [7, 11) is 0. The highest BCUT2D eigenvalue weighted by molar-refractivity contribution is 7.22. The summed E-state index contributed by atoms with van der Waals surface area (Å²) in [6.45, 7) is 0. The molecule has 3 unspecified atom stereocenters. The number of thiazole rings is 1. The molecule has 4 aliphatic rings. The molecule has 7 nitrogen and oxygen atoms in total. The van der Waals surface area contributed by atoms with Crippen LogP contribution >= 0.6 is 34.5 Å². The van der Waals surface area contributed by atoms with Gasteiger partial charge in [0.2, 0.25) is 0 Å². The Balaban J connectivity index is 1.10. The zero-order valence-electron chi connectivity index (χ0n) is 21.7. The number of carbonyl (C=O) groups is 2. The number of ketones is 1. The number of Topliss-reactive ketones (excluding diaryl/α,β-unsaturated/α-hetero) is 1. The molecule has 3 atom stereocenters. The minimum Gasteiger partial charge on any atom is -0.478 e. The number of fused-ring (bicyclic) bond motifs is 3. The number of carboxylic acids is 1. The van der Waals surface area contributed by atoms with Crippen LogP contribution in [0.15, 0.2) is 34.9 Å². The van der Waals surface area contributed by atoms with Crippen LogP contribution in [0.5, 0.6) is 0 Å². The molecule has 4 heterocycles. The van der Waals surface area contributed by atoms with Crippen LogP contribution in [0.1, 0.15) is 78.5 Å². The molecule has 2 aromatic heterocycles. The summed E-state index contributed by atoms with van der Waals surface area (Å²) < 4.78 is 21.1. The van der Waals surface area contributed by atoms with Gasteiger partial charge < -0.3 is 14.5 Å². The second kappa shape index (κ2) is 8.99. The summed E-state index contributed by atoms with van der Waals surface area (Å²) in [5.41, 5.74) is 1.72. The van der Waals surface area contributed by atoms with E-state index >= 15 is 0 Å². The van der Waals surface area contributed by atoms with E-state index in [-0.39, 0.29) is 40.8 Å². The zero-order valence-corrected chi connectivity index (χ0v) is 24.0. The third kappa shape index (κ3) is 3.81. The number of rotatable bonds is 5. The number of anilines is 1. The van der Waals surface area contributed by atoms with E-state index in [2.05, 4.69) is 15.0 Å². The van der Waals surface area contributed by atoms with Gasteiger partial charge in [0.1, 0.15) is 22.8 Å². The average molecular weight is 613 g/mol. The van der Waals surface area contributed by atoms with Gasteiger partial charge in [-0.25, -0.2) is 14.2 Å². The van der Waals surface area contributed by atoms with Crippen molar-refractivity contribution in [3.8, 4) is 11.3 Å². The van der Waals surface area contributed by atoms with Gasteiger partial charge >= 0.3 is 5.97 Å². The summed E-state index contributed by atoms with van der Waals surface area (Å²) in [5, 5.41) is 15.4. The fourth-order valence-corrected chi connectivity index (χ4v) is 9.22. The first-order valence-electron chi connectivity index (χ1n) is 13.8. The highest BCUT2D eigenvalue weighted by Gasteiger charge is 2.62. The van der Waals surface area contributed by atoms with Crippen molar-refractivity contribution in [3.63, 3.8) is 0 Å². The standard InChI is InChI=1S/C30H24Cl2FN3O4S/c31-18-2-1-3-19(32)23(18)25-22(26(40-35-25)13-4-5-13)17-12-30(27(17)37)10-15-6-7-16(11-30)36(15)29-34-24-20(33)8-14(28(38)39)9-21(24)41-29/h1-3,8-9,13,15-17H,4-7,10-12H2,(H,38,39). The first kappa shape index (κ1) is 25.7. The van der Waals surface area contributed by atoms with Crippen molar-refractivity contribution in [1.29, 1.82) is 0 Å². The molecular weight excluding hydrogens is 588 g/mol. The molecule has 2 aliphatic carbocycles. The maximum absolute atomic E-state index is 14.7. The highest BCUT2D eigenvalue weighted by Crippen LogP contribution is 2.62. The van der Waals surface area contributed by atoms with Gasteiger partial charge in [-0.2, -0.15) is 0 Å². The second-order valence-corrected chi connectivity index (χ2v) is 13.7. The molecule has 8 rings (SSSR count). The number of piperidine rings is 1. The summed E-state index contributed by atoms with van der Waals surface area (Å²) in [5.74, 6) is -0.815. The number of carboxylic acid groups (broad SMARTS) is 1. The fraction of sp³-hybridized carbons (Fsp3) is 0.400. The zero-order chi connectivity index (χ0) is 28.2. The van der Waals surface area contributed by atoms with E-state index in [1.165, 1.54) is 17.4 Å². The molecule has 0 radical (unpaired) electrons. The topological polar surface area (TPSA) is 96.5 Å². The molecule has 1 spiro atoms. The minimum absolute atomic E-state index is 0.0892. The van der Waals surface area contributed by atoms with Crippen molar-refractivity contribution in [3.05, 3.63) is 63.1 Å². The van der Waals surface area contributed by atoms with Crippen molar-refractivity contribution in [1.82, 2.24) is 10.1 Å².